The minimum atomic E-state index is -0.432. The first kappa shape index (κ1) is 17.6. The fraction of sp³-hybridized carbons (Fsp3) is 0.0588. The molecule has 0 aliphatic rings. The zero-order chi connectivity index (χ0) is 17.5. The summed E-state index contributed by atoms with van der Waals surface area (Å²) >= 11 is 3.26. The first-order valence-electron chi connectivity index (χ1n) is 7.05. The lowest BCUT2D eigenvalue weighted by molar-refractivity contribution is 0.102. The summed E-state index contributed by atoms with van der Waals surface area (Å²) < 4.78 is 0.690. The van der Waals surface area contributed by atoms with Crippen molar-refractivity contribution in [2.45, 2.75) is 0 Å². The molecule has 4 N–H and O–H groups in total. The number of amides is 3. The Balaban J connectivity index is 2.01. The van der Waals surface area contributed by atoms with Crippen LogP contribution in [0.25, 0.3) is 0 Å². The van der Waals surface area contributed by atoms with Crippen molar-refractivity contribution in [3.05, 3.63) is 65.2 Å². The Hall–Kier alpha value is -2.80. The molecule has 2 aromatic rings. The van der Waals surface area contributed by atoms with Gasteiger partial charge in [-0.2, -0.15) is 0 Å². The van der Waals surface area contributed by atoms with Crippen molar-refractivity contribution in [2.24, 2.45) is 0 Å². The van der Waals surface area contributed by atoms with Gasteiger partial charge in [0.15, 0.2) is 0 Å². The molecule has 0 saturated carbocycles. The van der Waals surface area contributed by atoms with Gasteiger partial charge in [-0.15, -0.1) is 6.58 Å². The summed E-state index contributed by atoms with van der Waals surface area (Å²) in [5, 5.41) is 17.7. The summed E-state index contributed by atoms with van der Waals surface area (Å²) in [5.41, 5.74) is 1.28. The molecular weight excluding hydrogens is 374 g/mol. The Labute approximate surface area is 147 Å². The van der Waals surface area contributed by atoms with Gasteiger partial charge < -0.3 is 21.1 Å². The number of hydrogen-bond donors (Lipinski definition) is 4. The van der Waals surface area contributed by atoms with E-state index in [1.165, 1.54) is 12.1 Å². The van der Waals surface area contributed by atoms with Crippen molar-refractivity contribution >= 4 is 39.2 Å². The Bertz CT molecular complexity index is 760. The average Bonchev–Trinajstić information content (AvgIpc) is 2.57. The second kappa shape index (κ2) is 8.16. The van der Waals surface area contributed by atoms with Crippen LogP contribution < -0.4 is 16.0 Å². The highest BCUT2D eigenvalue weighted by molar-refractivity contribution is 9.10. The summed E-state index contributed by atoms with van der Waals surface area (Å²) in [4.78, 5) is 23.7. The lowest BCUT2D eigenvalue weighted by atomic mass is 10.2. The summed E-state index contributed by atoms with van der Waals surface area (Å²) in [6, 6.07) is 10.9. The molecule has 0 bridgehead atoms. The second-order valence-corrected chi connectivity index (χ2v) is 5.73. The quantitative estimate of drug-likeness (QED) is 0.587. The fourth-order valence-corrected chi connectivity index (χ4v) is 2.23. The van der Waals surface area contributed by atoms with Crippen molar-refractivity contribution in [3.8, 4) is 5.75 Å². The fourth-order valence-electron chi connectivity index (χ4n) is 1.87. The monoisotopic (exact) mass is 389 g/mol. The summed E-state index contributed by atoms with van der Waals surface area (Å²) in [7, 11) is 0. The van der Waals surface area contributed by atoms with Crippen LogP contribution in [0, 0.1) is 0 Å². The Morgan fingerprint density at radius 2 is 1.71 bits per heavy atom. The average molecular weight is 390 g/mol. The number of urea groups is 1. The number of phenols is 1. The lowest BCUT2D eigenvalue weighted by Crippen LogP contribution is -2.28. The molecule has 124 valence electrons. The number of anilines is 2. The molecule has 0 radical (unpaired) electrons. The van der Waals surface area contributed by atoms with E-state index in [4.69, 9.17) is 0 Å². The van der Waals surface area contributed by atoms with E-state index in [1.54, 1.807) is 36.4 Å². The van der Waals surface area contributed by atoms with Crippen LogP contribution in [-0.2, 0) is 0 Å². The number of hydrogen-bond acceptors (Lipinski definition) is 3. The third-order valence-corrected chi connectivity index (χ3v) is 3.50. The molecule has 0 aliphatic carbocycles. The standard InChI is InChI=1S/C17H16BrN3O3/c1-2-9-19-17(24)21-13-6-4-12(5-7-13)20-16(23)14-10-11(18)3-8-15(14)22/h2-8,10,22H,1,9H2,(H,20,23)(H2,19,21,24). The van der Waals surface area contributed by atoms with Gasteiger partial charge in [0.05, 0.1) is 5.56 Å². The van der Waals surface area contributed by atoms with E-state index in [2.05, 4.69) is 38.5 Å². The van der Waals surface area contributed by atoms with Gasteiger partial charge in [0.25, 0.3) is 5.91 Å². The third kappa shape index (κ3) is 4.85. The van der Waals surface area contributed by atoms with E-state index >= 15 is 0 Å². The number of aromatic hydroxyl groups is 1. The van der Waals surface area contributed by atoms with Gasteiger partial charge in [0, 0.05) is 22.4 Å². The zero-order valence-electron chi connectivity index (χ0n) is 12.7. The van der Waals surface area contributed by atoms with Crippen LogP contribution in [0.2, 0.25) is 0 Å². The molecule has 3 amide bonds. The molecule has 0 aliphatic heterocycles. The minimum absolute atomic E-state index is 0.104. The van der Waals surface area contributed by atoms with Gasteiger partial charge in [-0.05, 0) is 42.5 Å². The molecular formula is C17H16BrN3O3. The van der Waals surface area contributed by atoms with Gasteiger partial charge in [-0.1, -0.05) is 22.0 Å². The van der Waals surface area contributed by atoms with Crippen LogP contribution in [0.1, 0.15) is 10.4 Å². The number of rotatable bonds is 5. The molecule has 2 rings (SSSR count). The highest BCUT2D eigenvalue weighted by atomic mass is 79.9. The number of phenolic OH excluding ortho intramolecular Hbond substituents is 1. The molecule has 2 aromatic carbocycles. The molecule has 0 heterocycles. The number of carbonyl (C=O) groups excluding carboxylic acids is 2. The SMILES string of the molecule is C=CCNC(=O)Nc1ccc(NC(=O)c2cc(Br)ccc2O)cc1. The number of carbonyl (C=O) groups is 2. The van der Waals surface area contributed by atoms with Gasteiger partial charge in [0.1, 0.15) is 5.75 Å². The van der Waals surface area contributed by atoms with Gasteiger partial charge in [-0.25, -0.2) is 4.79 Å². The van der Waals surface area contributed by atoms with Crippen molar-refractivity contribution in [3.63, 3.8) is 0 Å². The van der Waals surface area contributed by atoms with E-state index in [-0.39, 0.29) is 17.3 Å². The van der Waals surface area contributed by atoms with E-state index < -0.39 is 5.91 Å². The molecule has 7 heteroatoms. The first-order valence-corrected chi connectivity index (χ1v) is 7.84. The molecule has 0 spiro atoms. The maximum atomic E-state index is 12.2. The van der Waals surface area contributed by atoms with Crippen LogP contribution in [0.15, 0.2) is 59.6 Å². The summed E-state index contributed by atoms with van der Waals surface area (Å²) in [5.74, 6) is -0.536. The molecule has 0 unspecified atom stereocenters. The van der Waals surface area contributed by atoms with Crippen molar-refractivity contribution in [1.82, 2.24) is 5.32 Å². The van der Waals surface area contributed by atoms with E-state index in [1.807, 2.05) is 0 Å². The van der Waals surface area contributed by atoms with Gasteiger partial charge in [-0.3, -0.25) is 4.79 Å². The molecule has 0 aromatic heterocycles. The third-order valence-electron chi connectivity index (χ3n) is 3.01. The highest BCUT2D eigenvalue weighted by Gasteiger charge is 2.12. The van der Waals surface area contributed by atoms with Crippen LogP contribution in [0.5, 0.6) is 5.75 Å². The topological polar surface area (TPSA) is 90.5 Å². The zero-order valence-corrected chi connectivity index (χ0v) is 14.3. The smallest absolute Gasteiger partial charge is 0.319 e. The normalized spacial score (nSPS) is 9.88. The number of nitrogens with one attached hydrogen (secondary N) is 3. The Kier molecular flexibility index (Phi) is 5.97. The first-order chi connectivity index (χ1) is 11.5. The second-order valence-electron chi connectivity index (χ2n) is 4.82. The van der Waals surface area contributed by atoms with E-state index in [0.717, 1.165) is 0 Å². The number of benzene rings is 2. The van der Waals surface area contributed by atoms with Crippen molar-refractivity contribution in [2.75, 3.05) is 17.2 Å². The van der Waals surface area contributed by atoms with Crippen LogP contribution in [-0.4, -0.2) is 23.6 Å². The molecule has 6 nitrogen and oxygen atoms in total. The highest BCUT2D eigenvalue weighted by Crippen LogP contribution is 2.23. The Morgan fingerprint density at radius 1 is 1.08 bits per heavy atom. The summed E-state index contributed by atoms with van der Waals surface area (Å²) in [6.07, 6.45) is 1.58. The van der Waals surface area contributed by atoms with Gasteiger partial charge in [0.2, 0.25) is 0 Å². The summed E-state index contributed by atoms with van der Waals surface area (Å²) in [6.45, 7) is 3.88. The Morgan fingerprint density at radius 3 is 2.33 bits per heavy atom. The van der Waals surface area contributed by atoms with E-state index in [0.29, 0.717) is 22.4 Å². The van der Waals surface area contributed by atoms with Crippen molar-refractivity contribution in [1.29, 1.82) is 0 Å². The predicted octanol–water partition coefficient (Wildman–Crippen LogP) is 3.71. The van der Waals surface area contributed by atoms with Crippen LogP contribution in [0.3, 0.4) is 0 Å². The minimum Gasteiger partial charge on any atom is -0.507 e. The van der Waals surface area contributed by atoms with Crippen LogP contribution in [0.4, 0.5) is 16.2 Å². The van der Waals surface area contributed by atoms with Crippen LogP contribution >= 0.6 is 15.9 Å². The largest absolute Gasteiger partial charge is 0.507 e. The van der Waals surface area contributed by atoms with Gasteiger partial charge >= 0.3 is 6.03 Å². The number of halogens is 1. The van der Waals surface area contributed by atoms with E-state index in [9.17, 15) is 14.7 Å². The maximum Gasteiger partial charge on any atom is 0.319 e. The molecule has 24 heavy (non-hydrogen) atoms. The predicted molar refractivity (Wildman–Crippen MR) is 97.4 cm³/mol. The lowest BCUT2D eigenvalue weighted by Gasteiger charge is -2.09. The molecule has 0 atom stereocenters. The molecule has 0 saturated heterocycles. The van der Waals surface area contributed by atoms with Crippen molar-refractivity contribution < 1.29 is 14.7 Å². The maximum absolute atomic E-state index is 12.2. The molecule has 0 fully saturated rings.